The third kappa shape index (κ3) is 5.74. The molecule has 1 heterocycles. The predicted molar refractivity (Wildman–Crippen MR) is 94.0 cm³/mol. The summed E-state index contributed by atoms with van der Waals surface area (Å²) in [6, 6.07) is 7.94. The van der Waals surface area contributed by atoms with Crippen LogP contribution in [0.5, 0.6) is 0 Å². The van der Waals surface area contributed by atoms with Crippen LogP contribution in [0.3, 0.4) is 0 Å². The number of carbonyl (C=O) groups is 1. The zero-order chi connectivity index (χ0) is 14.5. The lowest BCUT2D eigenvalue weighted by Gasteiger charge is -2.04. The van der Waals surface area contributed by atoms with Gasteiger partial charge in [0.1, 0.15) is 0 Å². The van der Waals surface area contributed by atoms with E-state index in [1.165, 1.54) is 11.3 Å². The molecule has 114 valence electrons. The predicted octanol–water partition coefficient (Wildman–Crippen LogP) is 4.06. The molecule has 0 spiro atoms. The molecule has 0 aliphatic carbocycles. The van der Waals surface area contributed by atoms with Crippen molar-refractivity contribution >= 4 is 50.7 Å². The van der Waals surface area contributed by atoms with Crippen LogP contribution in [-0.4, -0.2) is 16.9 Å². The number of anilines is 1. The molecule has 0 bridgehead atoms. The highest BCUT2D eigenvalue weighted by atomic mass is 79.9. The minimum Gasteiger partial charge on any atom is -0.328 e. The van der Waals surface area contributed by atoms with E-state index >= 15 is 0 Å². The minimum atomic E-state index is -0.0440. The lowest BCUT2D eigenvalue weighted by molar-refractivity contribution is -0.116. The maximum Gasteiger partial charge on any atom is 0.226 e. The molecule has 2 rings (SSSR count). The molecular formula is C14H17BrClN3OS. The summed E-state index contributed by atoms with van der Waals surface area (Å²) < 4.78 is 1.01. The molecule has 0 aliphatic heterocycles. The van der Waals surface area contributed by atoms with Crippen molar-refractivity contribution in [1.29, 1.82) is 0 Å². The van der Waals surface area contributed by atoms with Gasteiger partial charge in [-0.3, -0.25) is 4.79 Å². The topological polar surface area (TPSA) is 68.0 Å². The van der Waals surface area contributed by atoms with E-state index in [0.717, 1.165) is 15.7 Å². The van der Waals surface area contributed by atoms with E-state index in [2.05, 4.69) is 26.2 Å². The minimum absolute atomic E-state index is 0. The van der Waals surface area contributed by atoms with Gasteiger partial charge in [-0.15, -0.1) is 23.7 Å². The smallest absolute Gasteiger partial charge is 0.226 e. The molecule has 3 N–H and O–H groups in total. The van der Waals surface area contributed by atoms with Crippen molar-refractivity contribution in [3.63, 3.8) is 0 Å². The standard InChI is InChI=1S/C14H16BrN3OS.ClH/c1-9(16)5-6-13(19)18-14-17-12(8-20-14)10-3-2-4-11(15)7-10;/h2-4,7-9H,5-6,16H2,1H3,(H,17,18,19);1H. The Morgan fingerprint density at radius 3 is 2.95 bits per heavy atom. The van der Waals surface area contributed by atoms with Crippen molar-refractivity contribution in [3.05, 3.63) is 34.1 Å². The maximum absolute atomic E-state index is 11.7. The quantitative estimate of drug-likeness (QED) is 0.809. The summed E-state index contributed by atoms with van der Waals surface area (Å²) in [5.41, 5.74) is 7.51. The Kier molecular flexibility index (Phi) is 7.31. The summed E-state index contributed by atoms with van der Waals surface area (Å²) in [4.78, 5) is 16.1. The maximum atomic E-state index is 11.7. The molecule has 0 fully saturated rings. The second-order valence-electron chi connectivity index (χ2n) is 4.61. The molecule has 0 saturated carbocycles. The van der Waals surface area contributed by atoms with Gasteiger partial charge >= 0.3 is 0 Å². The number of hydrogen-bond acceptors (Lipinski definition) is 4. The summed E-state index contributed by atoms with van der Waals surface area (Å²) in [5.74, 6) is -0.0440. The fraction of sp³-hybridized carbons (Fsp3) is 0.286. The number of benzene rings is 1. The van der Waals surface area contributed by atoms with E-state index in [1.54, 1.807) is 0 Å². The number of carbonyl (C=O) groups excluding carboxylic acids is 1. The Hall–Kier alpha value is -0.950. The number of rotatable bonds is 5. The lowest BCUT2D eigenvalue weighted by atomic mass is 10.2. The van der Waals surface area contributed by atoms with Gasteiger partial charge < -0.3 is 11.1 Å². The largest absolute Gasteiger partial charge is 0.328 e. The molecular weight excluding hydrogens is 374 g/mol. The first-order valence-corrected chi connectivity index (χ1v) is 7.99. The van der Waals surface area contributed by atoms with Crippen molar-refractivity contribution in [2.75, 3.05) is 5.32 Å². The van der Waals surface area contributed by atoms with Crippen LogP contribution < -0.4 is 11.1 Å². The molecule has 2 aromatic rings. The van der Waals surface area contributed by atoms with Crippen LogP contribution in [0.4, 0.5) is 5.13 Å². The van der Waals surface area contributed by atoms with Crippen LogP contribution in [0.1, 0.15) is 19.8 Å². The third-order valence-electron chi connectivity index (χ3n) is 2.70. The van der Waals surface area contributed by atoms with Crippen LogP contribution in [0.15, 0.2) is 34.1 Å². The monoisotopic (exact) mass is 389 g/mol. The number of nitrogens with one attached hydrogen (secondary N) is 1. The molecule has 0 aliphatic rings. The zero-order valence-electron chi connectivity index (χ0n) is 11.5. The fourth-order valence-corrected chi connectivity index (χ4v) is 2.79. The molecule has 0 saturated heterocycles. The first kappa shape index (κ1) is 18.1. The third-order valence-corrected chi connectivity index (χ3v) is 3.95. The van der Waals surface area contributed by atoms with Gasteiger partial charge in [-0.2, -0.15) is 0 Å². The Balaban J connectivity index is 0.00000220. The summed E-state index contributed by atoms with van der Waals surface area (Å²) in [6.45, 7) is 1.89. The summed E-state index contributed by atoms with van der Waals surface area (Å²) in [6.07, 6.45) is 1.10. The summed E-state index contributed by atoms with van der Waals surface area (Å²) in [5, 5.41) is 5.36. The molecule has 1 unspecified atom stereocenters. The Morgan fingerprint density at radius 2 is 2.29 bits per heavy atom. The van der Waals surface area contributed by atoms with Crippen molar-refractivity contribution < 1.29 is 4.79 Å². The van der Waals surface area contributed by atoms with E-state index in [1.807, 2.05) is 36.6 Å². The number of amides is 1. The SMILES string of the molecule is CC(N)CCC(=O)Nc1nc(-c2cccc(Br)c2)cs1.Cl. The van der Waals surface area contributed by atoms with Gasteiger partial charge in [0.15, 0.2) is 5.13 Å². The van der Waals surface area contributed by atoms with Crippen molar-refractivity contribution in [3.8, 4) is 11.3 Å². The zero-order valence-corrected chi connectivity index (χ0v) is 14.7. The molecule has 1 amide bonds. The van der Waals surface area contributed by atoms with Crippen molar-refractivity contribution in [2.45, 2.75) is 25.8 Å². The van der Waals surface area contributed by atoms with Gasteiger partial charge in [0.25, 0.3) is 0 Å². The van der Waals surface area contributed by atoms with Gasteiger partial charge in [-0.05, 0) is 25.5 Å². The van der Waals surface area contributed by atoms with Gasteiger partial charge in [-0.25, -0.2) is 4.98 Å². The highest BCUT2D eigenvalue weighted by molar-refractivity contribution is 9.10. The van der Waals surface area contributed by atoms with Gasteiger partial charge in [0, 0.05) is 27.9 Å². The van der Waals surface area contributed by atoms with Crippen LogP contribution >= 0.6 is 39.7 Å². The number of nitrogens with two attached hydrogens (primary N) is 1. The highest BCUT2D eigenvalue weighted by Crippen LogP contribution is 2.26. The fourth-order valence-electron chi connectivity index (χ4n) is 1.65. The molecule has 0 radical (unpaired) electrons. The van der Waals surface area contributed by atoms with Crippen molar-refractivity contribution in [1.82, 2.24) is 4.98 Å². The number of halogens is 2. The highest BCUT2D eigenvalue weighted by Gasteiger charge is 2.09. The van der Waals surface area contributed by atoms with Crippen LogP contribution in [-0.2, 0) is 4.79 Å². The number of nitrogens with zero attached hydrogens (tertiary/aromatic N) is 1. The van der Waals surface area contributed by atoms with E-state index in [4.69, 9.17) is 5.73 Å². The van der Waals surface area contributed by atoms with Crippen LogP contribution in [0.2, 0.25) is 0 Å². The average Bonchev–Trinajstić information content (AvgIpc) is 2.85. The first-order chi connectivity index (χ1) is 9.54. The molecule has 7 heteroatoms. The van der Waals surface area contributed by atoms with E-state index < -0.39 is 0 Å². The second kappa shape index (κ2) is 8.48. The van der Waals surface area contributed by atoms with Crippen molar-refractivity contribution in [2.24, 2.45) is 5.73 Å². The summed E-state index contributed by atoms with van der Waals surface area (Å²) >= 11 is 4.86. The van der Waals surface area contributed by atoms with Gasteiger partial charge in [-0.1, -0.05) is 28.1 Å². The van der Waals surface area contributed by atoms with Crippen LogP contribution in [0, 0.1) is 0 Å². The number of hydrogen-bond donors (Lipinski definition) is 2. The average molecular weight is 391 g/mol. The molecule has 21 heavy (non-hydrogen) atoms. The van der Waals surface area contributed by atoms with Crippen LogP contribution in [0.25, 0.3) is 11.3 Å². The molecule has 1 aromatic carbocycles. The normalized spacial score (nSPS) is 11.6. The first-order valence-electron chi connectivity index (χ1n) is 6.31. The number of thiazole rings is 1. The molecule has 1 atom stereocenters. The Morgan fingerprint density at radius 1 is 1.52 bits per heavy atom. The van der Waals surface area contributed by atoms with E-state index in [0.29, 0.717) is 18.0 Å². The second-order valence-corrected chi connectivity index (χ2v) is 6.39. The molecule has 4 nitrogen and oxygen atoms in total. The van der Waals surface area contributed by atoms with Gasteiger partial charge in [0.05, 0.1) is 5.69 Å². The Bertz CT molecular complexity index is 603. The van der Waals surface area contributed by atoms with Gasteiger partial charge in [0.2, 0.25) is 5.91 Å². The lowest BCUT2D eigenvalue weighted by Crippen LogP contribution is -2.19. The van der Waals surface area contributed by atoms with E-state index in [-0.39, 0.29) is 24.4 Å². The summed E-state index contributed by atoms with van der Waals surface area (Å²) in [7, 11) is 0. The Labute approximate surface area is 142 Å². The molecule has 1 aromatic heterocycles. The number of aromatic nitrogens is 1. The van der Waals surface area contributed by atoms with E-state index in [9.17, 15) is 4.79 Å².